The Labute approximate surface area is 124 Å². The molecule has 1 aliphatic carbocycles. The zero-order valence-electron chi connectivity index (χ0n) is 11.9. The lowest BCUT2D eigenvalue weighted by Gasteiger charge is -2.08. The Morgan fingerprint density at radius 2 is 1.86 bits per heavy atom. The highest BCUT2D eigenvalue weighted by Crippen LogP contribution is 2.30. The van der Waals surface area contributed by atoms with Crippen molar-refractivity contribution < 1.29 is 4.74 Å². The lowest BCUT2D eigenvalue weighted by atomic mass is 10.1. The fourth-order valence-electron chi connectivity index (χ4n) is 2.58. The van der Waals surface area contributed by atoms with Crippen molar-refractivity contribution in [3.05, 3.63) is 54.1 Å². The SMILES string of the molecule is c1ccc(-c2nc3ccccc3[nH]2)c(COCC2CC2)c1. The van der Waals surface area contributed by atoms with E-state index in [0.717, 1.165) is 34.9 Å². The van der Waals surface area contributed by atoms with Crippen LogP contribution in [0.4, 0.5) is 0 Å². The molecule has 0 radical (unpaired) electrons. The fourth-order valence-corrected chi connectivity index (χ4v) is 2.58. The second-order valence-corrected chi connectivity index (χ2v) is 5.72. The first-order valence-electron chi connectivity index (χ1n) is 7.51. The monoisotopic (exact) mass is 278 g/mol. The zero-order valence-corrected chi connectivity index (χ0v) is 11.9. The van der Waals surface area contributed by atoms with Gasteiger partial charge in [-0.25, -0.2) is 4.98 Å². The van der Waals surface area contributed by atoms with Gasteiger partial charge in [-0.05, 0) is 36.5 Å². The number of rotatable bonds is 5. The van der Waals surface area contributed by atoms with Crippen molar-refractivity contribution >= 4 is 11.0 Å². The van der Waals surface area contributed by atoms with Gasteiger partial charge in [-0.3, -0.25) is 0 Å². The molecule has 0 bridgehead atoms. The van der Waals surface area contributed by atoms with E-state index in [1.54, 1.807) is 0 Å². The largest absolute Gasteiger partial charge is 0.376 e. The van der Waals surface area contributed by atoms with Crippen LogP contribution in [0, 0.1) is 5.92 Å². The molecule has 21 heavy (non-hydrogen) atoms. The molecule has 1 N–H and O–H groups in total. The van der Waals surface area contributed by atoms with E-state index in [0.29, 0.717) is 6.61 Å². The van der Waals surface area contributed by atoms with Crippen LogP contribution in [0.3, 0.4) is 0 Å². The number of aromatic amines is 1. The topological polar surface area (TPSA) is 37.9 Å². The number of nitrogens with zero attached hydrogens (tertiary/aromatic N) is 1. The van der Waals surface area contributed by atoms with Crippen LogP contribution in [0.5, 0.6) is 0 Å². The Hall–Kier alpha value is -2.13. The molecule has 1 aliphatic rings. The van der Waals surface area contributed by atoms with E-state index in [2.05, 4.69) is 34.2 Å². The van der Waals surface area contributed by atoms with Crippen LogP contribution in [-0.2, 0) is 11.3 Å². The minimum Gasteiger partial charge on any atom is -0.376 e. The molecule has 1 fully saturated rings. The summed E-state index contributed by atoms with van der Waals surface area (Å²) < 4.78 is 5.84. The number of aromatic nitrogens is 2. The van der Waals surface area contributed by atoms with Gasteiger partial charge >= 0.3 is 0 Å². The van der Waals surface area contributed by atoms with Gasteiger partial charge in [0.2, 0.25) is 0 Å². The Balaban J connectivity index is 1.63. The van der Waals surface area contributed by atoms with E-state index < -0.39 is 0 Å². The van der Waals surface area contributed by atoms with Crippen LogP contribution in [0.1, 0.15) is 18.4 Å². The van der Waals surface area contributed by atoms with Gasteiger partial charge in [0, 0.05) is 12.2 Å². The zero-order chi connectivity index (χ0) is 14.1. The molecule has 0 spiro atoms. The summed E-state index contributed by atoms with van der Waals surface area (Å²) in [4.78, 5) is 8.09. The average molecular weight is 278 g/mol. The van der Waals surface area contributed by atoms with Crippen molar-refractivity contribution in [3.63, 3.8) is 0 Å². The van der Waals surface area contributed by atoms with Crippen molar-refractivity contribution in [1.82, 2.24) is 9.97 Å². The van der Waals surface area contributed by atoms with Gasteiger partial charge < -0.3 is 9.72 Å². The number of ether oxygens (including phenoxy) is 1. The minimum atomic E-state index is 0.656. The van der Waals surface area contributed by atoms with E-state index in [-0.39, 0.29) is 0 Å². The summed E-state index contributed by atoms with van der Waals surface area (Å²) in [5.74, 6) is 1.71. The molecule has 3 aromatic rings. The van der Waals surface area contributed by atoms with E-state index in [9.17, 15) is 0 Å². The van der Waals surface area contributed by atoms with Crippen LogP contribution in [0.15, 0.2) is 48.5 Å². The van der Waals surface area contributed by atoms with Crippen LogP contribution >= 0.6 is 0 Å². The first kappa shape index (κ1) is 12.6. The Morgan fingerprint density at radius 1 is 1.05 bits per heavy atom. The van der Waals surface area contributed by atoms with Gasteiger partial charge in [-0.1, -0.05) is 36.4 Å². The molecule has 0 aliphatic heterocycles. The molecular formula is C18H18N2O. The van der Waals surface area contributed by atoms with Gasteiger partial charge in [-0.15, -0.1) is 0 Å². The predicted molar refractivity (Wildman–Crippen MR) is 83.9 cm³/mol. The summed E-state index contributed by atoms with van der Waals surface area (Å²) in [6, 6.07) is 16.4. The van der Waals surface area contributed by atoms with Gasteiger partial charge in [0.05, 0.1) is 17.6 Å². The molecule has 0 atom stereocenters. The van der Waals surface area contributed by atoms with Crippen molar-refractivity contribution in [3.8, 4) is 11.4 Å². The Kier molecular flexibility index (Phi) is 3.20. The highest BCUT2D eigenvalue weighted by atomic mass is 16.5. The maximum atomic E-state index is 5.84. The fraction of sp³-hybridized carbons (Fsp3) is 0.278. The minimum absolute atomic E-state index is 0.656. The Bertz CT molecular complexity index is 726. The van der Waals surface area contributed by atoms with Crippen molar-refractivity contribution in [2.75, 3.05) is 6.61 Å². The quantitative estimate of drug-likeness (QED) is 0.761. The second-order valence-electron chi connectivity index (χ2n) is 5.72. The van der Waals surface area contributed by atoms with Crippen LogP contribution in [0.25, 0.3) is 22.4 Å². The van der Waals surface area contributed by atoms with Crippen LogP contribution in [0.2, 0.25) is 0 Å². The standard InChI is InChI=1S/C18H18N2O/c1-2-6-15(14(5-1)12-21-11-13-9-10-13)18-19-16-7-3-4-8-17(16)20-18/h1-8,13H,9-12H2,(H,19,20). The number of fused-ring (bicyclic) bond motifs is 1. The smallest absolute Gasteiger partial charge is 0.138 e. The van der Waals surface area contributed by atoms with Crippen molar-refractivity contribution in [2.24, 2.45) is 5.92 Å². The Morgan fingerprint density at radius 3 is 2.71 bits per heavy atom. The van der Waals surface area contributed by atoms with Gasteiger partial charge in [0.25, 0.3) is 0 Å². The molecule has 3 heteroatoms. The van der Waals surface area contributed by atoms with Gasteiger partial charge in [0.15, 0.2) is 0 Å². The molecule has 2 aromatic carbocycles. The lowest BCUT2D eigenvalue weighted by Crippen LogP contribution is -1.99. The molecule has 106 valence electrons. The molecule has 1 aromatic heterocycles. The van der Waals surface area contributed by atoms with E-state index >= 15 is 0 Å². The predicted octanol–water partition coefficient (Wildman–Crippen LogP) is 4.16. The number of para-hydroxylation sites is 2. The number of hydrogen-bond acceptors (Lipinski definition) is 2. The third kappa shape index (κ3) is 2.69. The van der Waals surface area contributed by atoms with E-state index in [4.69, 9.17) is 4.74 Å². The highest BCUT2D eigenvalue weighted by molar-refractivity contribution is 5.79. The summed E-state index contributed by atoms with van der Waals surface area (Å²) >= 11 is 0. The van der Waals surface area contributed by atoms with Crippen LogP contribution in [-0.4, -0.2) is 16.6 Å². The molecule has 0 amide bonds. The summed E-state index contributed by atoms with van der Waals surface area (Å²) in [5.41, 5.74) is 4.39. The molecule has 0 saturated heterocycles. The average Bonchev–Trinajstić information content (AvgIpc) is 3.24. The lowest BCUT2D eigenvalue weighted by molar-refractivity contribution is 0.111. The van der Waals surface area contributed by atoms with Gasteiger partial charge in [-0.2, -0.15) is 0 Å². The van der Waals surface area contributed by atoms with Crippen molar-refractivity contribution in [2.45, 2.75) is 19.4 Å². The summed E-state index contributed by atoms with van der Waals surface area (Å²) in [7, 11) is 0. The summed E-state index contributed by atoms with van der Waals surface area (Å²) in [6.07, 6.45) is 2.65. The van der Waals surface area contributed by atoms with Crippen LogP contribution < -0.4 is 0 Å². The number of benzene rings is 2. The first-order valence-corrected chi connectivity index (χ1v) is 7.51. The van der Waals surface area contributed by atoms with E-state index in [1.807, 2.05) is 24.3 Å². The van der Waals surface area contributed by atoms with E-state index in [1.165, 1.54) is 18.4 Å². The molecule has 3 nitrogen and oxygen atoms in total. The second kappa shape index (κ2) is 5.34. The maximum Gasteiger partial charge on any atom is 0.138 e. The number of hydrogen-bond donors (Lipinski definition) is 1. The summed E-state index contributed by atoms with van der Waals surface area (Å²) in [5, 5.41) is 0. The third-order valence-corrected chi connectivity index (χ3v) is 3.97. The molecule has 1 heterocycles. The normalized spacial score (nSPS) is 14.7. The third-order valence-electron chi connectivity index (χ3n) is 3.97. The number of nitrogens with one attached hydrogen (secondary N) is 1. The van der Waals surface area contributed by atoms with Crippen molar-refractivity contribution in [1.29, 1.82) is 0 Å². The molecule has 0 unspecified atom stereocenters. The highest BCUT2D eigenvalue weighted by Gasteiger charge is 2.21. The molecule has 1 saturated carbocycles. The first-order chi connectivity index (χ1) is 10.4. The maximum absolute atomic E-state index is 5.84. The molecule has 4 rings (SSSR count). The number of H-pyrrole nitrogens is 1. The number of imidazole rings is 1. The molecular weight excluding hydrogens is 260 g/mol. The van der Waals surface area contributed by atoms with Gasteiger partial charge in [0.1, 0.15) is 5.82 Å². The summed E-state index contributed by atoms with van der Waals surface area (Å²) in [6.45, 7) is 1.54.